The van der Waals surface area contributed by atoms with Crippen molar-refractivity contribution in [1.29, 1.82) is 0 Å². The molecule has 2 N–H and O–H groups in total. The van der Waals surface area contributed by atoms with Gasteiger partial charge in [0, 0.05) is 25.9 Å². The van der Waals surface area contributed by atoms with Crippen LogP contribution in [0.4, 0.5) is 0 Å². The van der Waals surface area contributed by atoms with Crippen LogP contribution in [0.3, 0.4) is 0 Å². The molecule has 0 fully saturated rings. The standard InChI is InChI=1S/C10H20N4O2/c1-3-16-9(2)6-11-7-10-8-14(4-5-15)13-12-10/h8-9,11,15H,3-7H2,1-2H3. The minimum absolute atomic E-state index is 0.0810. The maximum absolute atomic E-state index is 8.72. The molecule has 0 bridgehead atoms. The van der Waals surface area contributed by atoms with E-state index in [9.17, 15) is 0 Å². The molecule has 16 heavy (non-hydrogen) atoms. The molecule has 0 amide bonds. The van der Waals surface area contributed by atoms with Crippen molar-refractivity contribution < 1.29 is 9.84 Å². The summed E-state index contributed by atoms with van der Waals surface area (Å²) >= 11 is 0. The highest BCUT2D eigenvalue weighted by molar-refractivity contribution is 4.91. The van der Waals surface area contributed by atoms with Crippen LogP contribution in [0.5, 0.6) is 0 Å². The van der Waals surface area contributed by atoms with Gasteiger partial charge in [-0.25, -0.2) is 4.68 Å². The molecule has 0 aromatic carbocycles. The van der Waals surface area contributed by atoms with Gasteiger partial charge < -0.3 is 15.2 Å². The molecule has 1 atom stereocenters. The quantitative estimate of drug-likeness (QED) is 0.644. The van der Waals surface area contributed by atoms with Crippen molar-refractivity contribution in [3.63, 3.8) is 0 Å². The second kappa shape index (κ2) is 7.32. The van der Waals surface area contributed by atoms with Crippen LogP contribution in [0.15, 0.2) is 6.20 Å². The lowest BCUT2D eigenvalue weighted by atomic mass is 10.4. The summed E-state index contributed by atoms with van der Waals surface area (Å²) in [5.41, 5.74) is 0.872. The summed E-state index contributed by atoms with van der Waals surface area (Å²) in [5, 5.41) is 19.8. The van der Waals surface area contributed by atoms with Crippen LogP contribution in [0.2, 0.25) is 0 Å². The van der Waals surface area contributed by atoms with Crippen molar-refractivity contribution in [3.05, 3.63) is 11.9 Å². The van der Waals surface area contributed by atoms with Crippen LogP contribution >= 0.6 is 0 Å². The molecule has 1 unspecified atom stereocenters. The number of nitrogens with zero attached hydrogens (tertiary/aromatic N) is 3. The zero-order valence-corrected chi connectivity index (χ0v) is 9.89. The van der Waals surface area contributed by atoms with E-state index in [4.69, 9.17) is 9.84 Å². The first kappa shape index (κ1) is 13.1. The first-order chi connectivity index (χ1) is 7.76. The Morgan fingerprint density at radius 1 is 1.62 bits per heavy atom. The molecule has 1 aromatic heterocycles. The van der Waals surface area contributed by atoms with E-state index in [-0.39, 0.29) is 12.7 Å². The molecule has 6 heteroatoms. The van der Waals surface area contributed by atoms with Crippen LogP contribution in [-0.2, 0) is 17.8 Å². The lowest BCUT2D eigenvalue weighted by Crippen LogP contribution is -2.26. The van der Waals surface area contributed by atoms with Gasteiger partial charge in [0.1, 0.15) is 0 Å². The molecular formula is C10H20N4O2. The van der Waals surface area contributed by atoms with Gasteiger partial charge in [-0.1, -0.05) is 5.21 Å². The molecule has 0 saturated carbocycles. The molecule has 1 aromatic rings. The molecule has 0 aliphatic heterocycles. The summed E-state index contributed by atoms with van der Waals surface area (Å²) in [6, 6.07) is 0. The highest BCUT2D eigenvalue weighted by atomic mass is 16.5. The first-order valence-corrected chi connectivity index (χ1v) is 5.58. The maximum atomic E-state index is 8.72. The lowest BCUT2D eigenvalue weighted by Gasteiger charge is -2.11. The molecule has 6 nitrogen and oxygen atoms in total. The fraction of sp³-hybridized carbons (Fsp3) is 0.800. The van der Waals surface area contributed by atoms with Crippen molar-refractivity contribution in [2.75, 3.05) is 19.8 Å². The summed E-state index contributed by atoms with van der Waals surface area (Å²) < 4.78 is 7.01. The van der Waals surface area contributed by atoms with Gasteiger partial charge in [0.2, 0.25) is 0 Å². The van der Waals surface area contributed by atoms with E-state index in [1.807, 2.05) is 20.0 Å². The van der Waals surface area contributed by atoms with Gasteiger partial charge >= 0.3 is 0 Å². The third-order valence-electron chi connectivity index (χ3n) is 2.10. The van der Waals surface area contributed by atoms with Crippen LogP contribution < -0.4 is 5.32 Å². The van der Waals surface area contributed by atoms with Gasteiger partial charge in [-0.3, -0.25) is 0 Å². The number of nitrogens with one attached hydrogen (secondary N) is 1. The van der Waals surface area contributed by atoms with E-state index in [0.717, 1.165) is 18.8 Å². The smallest absolute Gasteiger partial charge is 0.0964 e. The highest BCUT2D eigenvalue weighted by Crippen LogP contribution is 1.93. The summed E-state index contributed by atoms with van der Waals surface area (Å²) in [6.07, 6.45) is 2.03. The van der Waals surface area contributed by atoms with Crippen LogP contribution in [0.25, 0.3) is 0 Å². The topological polar surface area (TPSA) is 72.2 Å². The van der Waals surface area contributed by atoms with Crippen LogP contribution in [0, 0.1) is 0 Å². The number of hydrogen-bond donors (Lipinski definition) is 2. The molecule has 1 heterocycles. The Balaban J connectivity index is 2.21. The van der Waals surface area contributed by atoms with Gasteiger partial charge in [-0.2, -0.15) is 0 Å². The Morgan fingerprint density at radius 2 is 2.44 bits per heavy atom. The fourth-order valence-corrected chi connectivity index (χ4v) is 1.38. The predicted molar refractivity (Wildman–Crippen MR) is 59.9 cm³/mol. The van der Waals surface area contributed by atoms with E-state index in [2.05, 4.69) is 15.6 Å². The number of aliphatic hydroxyl groups excluding tert-OH is 1. The first-order valence-electron chi connectivity index (χ1n) is 5.58. The van der Waals surface area contributed by atoms with Gasteiger partial charge in [-0.15, -0.1) is 5.10 Å². The number of ether oxygens (including phenoxy) is 1. The summed E-state index contributed by atoms with van der Waals surface area (Å²) in [6.45, 7) is 6.77. The largest absolute Gasteiger partial charge is 0.394 e. The van der Waals surface area contributed by atoms with E-state index >= 15 is 0 Å². The third-order valence-corrected chi connectivity index (χ3v) is 2.10. The molecule has 0 aliphatic carbocycles. The van der Waals surface area contributed by atoms with Gasteiger partial charge in [0.15, 0.2) is 0 Å². The van der Waals surface area contributed by atoms with Gasteiger partial charge in [0.25, 0.3) is 0 Å². The van der Waals surface area contributed by atoms with E-state index in [1.54, 1.807) is 4.68 Å². The molecule has 92 valence electrons. The van der Waals surface area contributed by atoms with Crippen molar-refractivity contribution in [2.45, 2.75) is 33.0 Å². The number of rotatable bonds is 8. The van der Waals surface area contributed by atoms with Crippen molar-refractivity contribution >= 4 is 0 Å². The number of aromatic nitrogens is 3. The van der Waals surface area contributed by atoms with E-state index in [1.165, 1.54) is 0 Å². The van der Waals surface area contributed by atoms with Crippen molar-refractivity contribution in [1.82, 2.24) is 20.3 Å². The highest BCUT2D eigenvalue weighted by Gasteiger charge is 2.02. The average molecular weight is 228 g/mol. The second-order valence-corrected chi connectivity index (χ2v) is 3.59. The van der Waals surface area contributed by atoms with Gasteiger partial charge in [0.05, 0.1) is 24.9 Å². The summed E-state index contributed by atoms with van der Waals surface area (Å²) in [5.74, 6) is 0. The predicted octanol–water partition coefficient (Wildman–Crippen LogP) is -0.215. The third kappa shape index (κ3) is 4.69. The monoisotopic (exact) mass is 228 g/mol. The molecule has 1 rings (SSSR count). The Morgan fingerprint density at radius 3 is 3.12 bits per heavy atom. The van der Waals surface area contributed by atoms with Gasteiger partial charge in [-0.05, 0) is 13.8 Å². The number of hydrogen-bond acceptors (Lipinski definition) is 5. The molecule has 0 saturated heterocycles. The van der Waals surface area contributed by atoms with Crippen molar-refractivity contribution in [2.24, 2.45) is 0 Å². The summed E-state index contributed by atoms with van der Waals surface area (Å²) in [4.78, 5) is 0. The molecular weight excluding hydrogens is 208 g/mol. The average Bonchev–Trinajstić information content (AvgIpc) is 2.67. The van der Waals surface area contributed by atoms with Crippen LogP contribution in [-0.4, -0.2) is 46.0 Å². The van der Waals surface area contributed by atoms with E-state index < -0.39 is 0 Å². The Bertz CT molecular complexity index is 290. The molecule has 0 radical (unpaired) electrons. The fourth-order valence-electron chi connectivity index (χ4n) is 1.38. The maximum Gasteiger partial charge on any atom is 0.0964 e. The Hall–Kier alpha value is -0.980. The minimum atomic E-state index is 0.0810. The number of aliphatic hydroxyl groups is 1. The zero-order chi connectivity index (χ0) is 11.8. The Labute approximate surface area is 95.6 Å². The summed E-state index contributed by atoms with van der Waals surface area (Å²) in [7, 11) is 0. The zero-order valence-electron chi connectivity index (χ0n) is 9.89. The minimum Gasteiger partial charge on any atom is -0.394 e. The van der Waals surface area contributed by atoms with Crippen molar-refractivity contribution in [3.8, 4) is 0 Å². The Kier molecular flexibility index (Phi) is 5.99. The molecule has 0 spiro atoms. The SMILES string of the molecule is CCOC(C)CNCc1cn(CCO)nn1. The normalized spacial score (nSPS) is 12.9. The van der Waals surface area contributed by atoms with E-state index in [0.29, 0.717) is 13.1 Å². The molecule has 0 aliphatic rings. The lowest BCUT2D eigenvalue weighted by molar-refractivity contribution is 0.0759. The van der Waals surface area contributed by atoms with Crippen LogP contribution in [0.1, 0.15) is 19.5 Å². The second-order valence-electron chi connectivity index (χ2n) is 3.59.